The van der Waals surface area contributed by atoms with E-state index < -0.39 is 0 Å². The van der Waals surface area contributed by atoms with Gasteiger partial charge in [0.05, 0.1) is 16.9 Å². The summed E-state index contributed by atoms with van der Waals surface area (Å²) < 4.78 is 7.20. The van der Waals surface area contributed by atoms with Crippen LogP contribution >= 0.6 is 46.2 Å². The smallest absolute Gasteiger partial charge is 0.260 e. The van der Waals surface area contributed by atoms with Crippen molar-refractivity contribution in [3.8, 4) is 11.3 Å². The van der Waals surface area contributed by atoms with Crippen LogP contribution in [0.3, 0.4) is 0 Å². The summed E-state index contributed by atoms with van der Waals surface area (Å²) >= 11 is 6.09. The number of furan rings is 1. The number of rotatable bonds is 5. The zero-order valence-corrected chi connectivity index (χ0v) is 16.4. The van der Waals surface area contributed by atoms with Crippen molar-refractivity contribution >= 4 is 56.4 Å². The number of nitrogens with zero attached hydrogens (tertiary/aromatic N) is 3. The number of thiophene rings is 1. The van der Waals surface area contributed by atoms with Crippen LogP contribution in [-0.2, 0) is 0 Å². The second kappa shape index (κ2) is 6.94. The average Bonchev–Trinajstić information content (AvgIpc) is 3.34. The first-order valence-electron chi connectivity index (χ1n) is 7.25. The molecule has 0 amide bonds. The molecule has 0 aliphatic carbocycles. The van der Waals surface area contributed by atoms with Gasteiger partial charge in [0.2, 0.25) is 0 Å². The lowest BCUT2D eigenvalue weighted by Gasteiger charge is -2.08. The Morgan fingerprint density at radius 1 is 1.32 bits per heavy atom. The Hall–Kier alpha value is -1.62. The Morgan fingerprint density at radius 2 is 2.16 bits per heavy atom. The van der Waals surface area contributed by atoms with Gasteiger partial charge in [-0.15, -0.1) is 21.5 Å². The molecule has 6 nitrogen and oxygen atoms in total. The van der Waals surface area contributed by atoms with Crippen molar-refractivity contribution in [2.45, 2.75) is 20.9 Å². The number of nitrogens with one attached hydrogen (secondary N) is 1. The van der Waals surface area contributed by atoms with E-state index in [4.69, 9.17) is 4.42 Å². The van der Waals surface area contributed by atoms with Gasteiger partial charge in [0.15, 0.2) is 8.68 Å². The largest absolute Gasteiger partial charge is 0.464 e. The molecule has 0 saturated carbocycles. The van der Waals surface area contributed by atoms with Gasteiger partial charge in [-0.3, -0.25) is 4.79 Å². The van der Waals surface area contributed by atoms with E-state index in [0.717, 1.165) is 14.2 Å². The van der Waals surface area contributed by atoms with Gasteiger partial charge < -0.3 is 9.40 Å². The zero-order valence-electron chi connectivity index (χ0n) is 13.2. The lowest BCUT2D eigenvalue weighted by atomic mass is 10.2. The predicted molar refractivity (Wildman–Crippen MR) is 104 cm³/mol. The molecule has 0 aliphatic heterocycles. The summed E-state index contributed by atoms with van der Waals surface area (Å²) in [5.41, 5.74) is 0.626. The normalized spacial score (nSPS) is 12.7. The minimum absolute atomic E-state index is 0.0334. The van der Waals surface area contributed by atoms with E-state index in [-0.39, 0.29) is 10.8 Å². The Kier molecular flexibility index (Phi) is 4.67. The number of hydrogen-bond acceptors (Lipinski definition) is 9. The van der Waals surface area contributed by atoms with Crippen molar-refractivity contribution in [1.29, 1.82) is 0 Å². The molecule has 128 valence electrons. The number of thioether (sulfide) groups is 2. The molecule has 0 saturated heterocycles. The molecule has 1 unspecified atom stereocenters. The molecule has 4 aromatic rings. The molecule has 25 heavy (non-hydrogen) atoms. The van der Waals surface area contributed by atoms with Crippen molar-refractivity contribution in [3.63, 3.8) is 0 Å². The molecule has 0 aliphatic rings. The van der Waals surface area contributed by atoms with Gasteiger partial charge in [-0.2, -0.15) is 0 Å². The fourth-order valence-electron chi connectivity index (χ4n) is 2.31. The number of hydrogen-bond donors (Lipinski definition) is 1. The second-order valence-electron chi connectivity index (χ2n) is 5.06. The minimum Gasteiger partial charge on any atom is -0.464 e. The first kappa shape index (κ1) is 16.8. The van der Waals surface area contributed by atoms with Crippen LogP contribution in [0, 0.1) is 0 Å². The molecule has 0 spiro atoms. The van der Waals surface area contributed by atoms with E-state index in [9.17, 15) is 4.79 Å². The van der Waals surface area contributed by atoms with Gasteiger partial charge in [-0.1, -0.05) is 34.9 Å². The maximum Gasteiger partial charge on any atom is 0.260 e. The first-order chi connectivity index (χ1) is 12.2. The first-order valence-corrected chi connectivity index (χ1v) is 11.0. The predicted octanol–water partition coefficient (Wildman–Crippen LogP) is 4.67. The van der Waals surface area contributed by atoms with E-state index in [1.165, 1.54) is 23.1 Å². The Balaban J connectivity index is 1.68. The van der Waals surface area contributed by atoms with Gasteiger partial charge in [0.1, 0.15) is 16.4 Å². The van der Waals surface area contributed by atoms with Crippen LogP contribution < -0.4 is 5.56 Å². The third-order valence-corrected chi connectivity index (χ3v) is 7.44. The standard InChI is InChI=1S/C15H12N4O2S4/c1-7(24-15-19-18-14(22-2)25-15)11-16-12(20)10-8(6-23-13(10)17-11)9-4-3-5-21-9/h3-7H,1-2H3,(H,16,17,20). The van der Waals surface area contributed by atoms with Gasteiger partial charge in [-0.05, 0) is 25.3 Å². The van der Waals surface area contributed by atoms with Crippen molar-refractivity contribution in [1.82, 2.24) is 20.2 Å². The lowest BCUT2D eigenvalue weighted by molar-refractivity contribution is 0.583. The van der Waals surface area contributed by atoms with Gasteiger partial charge >= 0.3 is 0 Å². The molecule has 0 fully saturated rings. The molecule has 10 heteroatoms. The van der Waals surface area contributed by atoms with Crippen LogP contribution in [0.1, 0.15) is 18.0 Å². The zero-order chi connectivity index (χ0) is 17.4. The van der Waals surface area contributed by atoms with Crippen LogP contribution in [0.2, 0.25) is 0 Å². The van der Waals surface area contributed by atoms with Gasteiger partial charge in [-0.25, -0.2) is 4.98 Å². The average molecular weight is 409 g/mol. The molecular formula is C15H12N4O2S4. The summed E-state index contributed by atoms with van der Waals surface area (Å²) in [4.78, 5) is 20.9. The number of fused-ring (bicyclic) bond motifs is 1. The molecule has 4 aromatic heterocycles. The fourth-order valence-corrected chi connectivity index (χ4v) is 5.88. The summed E-state index contributed by atoms with van der Waals surface area (Å²) in [6, 6.07) is 3.64. The van der Waals surface area contributed by atoms with Crippen LogP contribution in [0.25, 0.3) is 21.5 Å². The highest BCUT2D eigenvalue weighted by atomic mass is 32.2. The highest BCUT2D eigenvalue weighted by molar-refractivity contribution is 8.03. The highest BCUT2D eigenvalue weighted by Crippen LogP contribution is 2.37. The fraction of sp³-hybridized carbons (Fsp3) is 0.200. The summed E-state index contributed by atoms with van der Waals surface area (Å²) in [6.07, 6.45) is 3.57. The third-order valence-electron chi connectivity index (χ3n) is 3.47. The van der Waals surface area contributed by atoms with E-state index >= 15 is 0 Å². The monoisotopic (exact) mass is 408 g/mol. The molecule has 4 rings (SSSR count). The number of aromatic amines is 1. The summed E-state index contributed by atoms with van der Waals surface area (Å²) in [7, 11) is 0. The van der Waals surface area contributed by atoms with E-state index in [1.54, 1.807) is 35.4 Å². The molecule has 1 atom stereocenters. The Labute approximate surface area is 159 Å². The van der Waals surface area contributed by atoms with E-state index in [2.05, 4.69) is 20.2 Å². The minimum atomic E-state index is -0.151. The van der Waals surface area contributed by atoms with Crippen LogP contribution in [-0.4, -0.2) is 26.4 Å². The molecule has 1 N–H and O–H groups in total. The quantitative estimate of drug-likeness (QED) is 0.480. The van der Waals surface area contributed by atoms with Crippen LogP contribution in [0.15, 0.2) is 41.7 Å². The molecular weight excluding hydrogens is 396 g/mol. The molecule has 0 bridgehead atoms. The van der Waals surface area contributed by atoms with Crippen molar-refractivity contribution in [2.24, 2.45) is 0 Å². The summed E-state index contributed by atoms with van der Waals surface area (Å²) in [5, 5.41) is 10.7. The van der Waals surface area contributed by atoms with E-state index in [0.29, 0.717) is 21.8 Å². The van der Waals surface area contributed by atoms with Gasteiger partial charge in [0.25, 0.3) is 5.56 Å². The maximum atomic E-state index is 12.6. The third kappa shape index (κ3) is 3.26. The molecule has 0 radical (unpaired) electrons. The molecule has 4 heterocycles. The van der Waals surface area contributed by atoms with E-state index in [1.807, 2.05) is 24.6 Å². The lowest BCUT2D eigenvalue weighted by Crippen LogP contribution is -2.12. The SMILES string of the molecule is CSc1nnc(SC(C)c2nc3scc(-c4ccco4)c3c(=O)[nH]2)s1. The number of aromatic nitrogens is 4. The van der Waals surface area contributed by atoms with Gasteiger partial charge in [0, 0.05) is 10.9 Å². The molecule has 0 aromatic carbocycles. The summed E-state index contributed by atoms with van der Waals surface area (Å²) in [5.74, 6) is 1.31. The second-order valence-corrected chi connectivity index (χ2v) is 9.53. The van der Waals surface area contributed by atoms with Crippen molar-refractivity contribution < 1.29 is 4.42 Å². The highest BCUT2D eigenvalue weighted by Gasteiger charge is 2.18. The summed E-state index contributed by atoms with van der Waals surface area (Å²) in [6.45, 7) is 2.00. The van der Waals surface area contributed by atoms with Crippen LogP contribution in [0.4, 0.5) is 0 Å². The topological polar surface area (TPSA) is 84.7 Å². The Morgan fingerprint density at radius 3 is 2.88 bits per heavy atom. The van der Waals surface area contributed by atoms with Crippen molar-refractivity contribution in [3.05, 3.63) is 40.0 Å². The maximum absolute atomic E-state index is 12.6. The Bertz CT molecular complexity index is 1070. The number of H-pyrrole nitrogens is 1. The van der Waals surface area contributed by atoms with Crippen LogP contribution in [0.5, 0.6) is 0 Å². The van der Waals surface area contributed by atoms with Crippen molar-refractivity contribution in [2.75, 3.05) is 6.26 Å².